The van der Waals surface area contributed by atoms with Gasteiger partial charge in [-0.05, 0) is 36.6 Å². The van der Waals surface area contributed by atoms with Gasteiger partial charge < -0.3 is 14.6 Å². The Bertz CT molecular complexity index is 877. The van der Waals surface area contributed by atoms with Gasteiger partial charge in [0.15, 0.2) is 0 Å². The van der Waals surface area contributed by atoms with Crippen LogP contribution in [0.1, 0.15) is 23.2 Å². The minimum absolute atomic E-state index is 0.429. The molecule has 1 saturated heterocycles. The Hall–Kier alpha value is -2.21. The third-order valence-corrected chi connectivity index (χ3v) is 5.12. The number of hydrogen-bond acceptors (Lipinski definition) is 4. The van der Waals surface area contributed by atoms with Gasteiger partial charge in [-0.3, -0.25) is 4.90 Å². The van der Waals surface area contributed by atoms with Crippen LogP contribution in [0.25, 0.3) is 5.65 Å². The Kier molecular flexibility index (Phi) is 4.07. The van der Waals surface area contributed by atoms with Gasteiger partial charge in [-0.2, -0.15) is 0 Å². The highest BCUT2D eigenvalue weighted by Gasteiger charge is 2.41. The summed E-state index contributed by atoms with van der Waals surface area (Å²) in [6.45, 7) is 3.87. The van der Waals surface area contributed by atoms with Gasteiger partial charge in [-0.1, -0.05) is 30.3 Å². The molecule has 0 saturated carbocycles. The first-order valence-electron chi connectivity index (χ1n) is 8.67. The van der Waals surface area contributed by atoms with E-state index >= 15 is 0 Å². The van der Waals surface area contributed by atoms with Crippen LogP contribution in [0, 0.1) is 6.92 Å². The van der Waals surface area contributed by atoms with Gasteiger partial charge in [0.05, 0.1) is 11.8 Å². The van der Waals surface area contributed by atoms with E-state index < -0.39 is 11.7 Å². The van der Waals surface area contributed by atoms with E-state index in [-0.39, 0.29) is 0 Å². The molecule has 3 heterocycles. The van der Waals surface area contributed by atoms with Gasteiger partial charge in [0.2, 0.25) is 0 Å². The number of aryl methyl sites for hydroxylation is 1. The van der Waals surface area contributed by atoms with E-state index in [2.05, 4.69) is 28.9 Å². The molecule has 130 valence electrons. The predicted octanol–water partition coefficient (Wildman–Crippen LogP) is 2.10. The molecule has 3 aromatic rings. The first kappa shape index (κ1) is 16.3. The molecule has 0 unspecified atom stereocenters. The summed E-state index contributed by atoms with van der Waals surface area (Å²) in [6, 6.07) is 13.6. The second-order valence-corrected chi connectivity index (χ2v) is 6.99. The minimum atomic E-state index is -1.17. The molecule has 0 radical (unpaired) electrons. The van der Waals surface area contributed by atoms with Crippen LogP contribution in [0.2, 0.25) is 0 Å². The van der Waals surface area contributed by atoms with Crippen molar-refractivity contribution in [1.82, 2.24) is 14.3 Å². The van der Waals surface area contributed by atoms with E-state index in [1.807, 2.05) is 47.1 Å². The zero-order chi connectivity index (χ0) is 17.4. The Balaban J connectivity index is 1.48. The molecule has 1 aliphatic rings. The maximum absolute atomic E-state index is 10.9. The number of aliphatic hydroxyl groups is 2. The molecule has 1 aromatic carbocycles. The van der Waals surface area contributed by atoms with E-state index in [1.54, 1.807) is 0 Å². The third kappa shape index (κ3) is 3.06. The number of benzene rings is 1. The van der Waals surface area contributed by atoms with Crippen LogP contribution < -0.4 is 0 Å². The number of piperidine rings is 1. The molecule has 2 atom stereocenters. The van der Waals surface area contributed by atoms with Gasteiger partial charge in [-0.25, -0.2) is 4.98 Å². The molecule has 1 fully saturated rings. The van der Waals surface area contributed by atoms with Gasteiger partial charge >= 0.3 is 0 Å². The molecule has 0 amide bonds. The lowest BCUT2D eigenvalue weighted by Crippen LogP contribution is -2.53. The zero-order valence-electron chi connectivity index (χ0n) is 14.3. The van der Waals surface area contributed by atoms with Crippen LogP contribution >= 0.6 is 0 Å². The van der Waals surface area contributed by atoms with Crippen LogP contribution in [0.3, 0.4) is 0 Å². The zero-order valence-corrected chi connectivity index (χ0v) is 14.3. The second-order valence-electron chi connectivity index (χ2n) is 6.99. The molecule has 2 N–H and O–H groups in total. The van der Waals surface area contributed by atoms with Crippen LogP contribution in [0.4, 0.5) is 0 Å². The highest BCUT2D eigenvalue weighted by molar-refractivity contribution is 5.42. The largest absolute Gasteiger partial charge is 0.388 e. The SMILES string of the molecule is Cc1ccn2cc(CN3CC[C@](O)(c4ccccc4)[C@@H](O)C3)nc2c1. The Morgan fingerprint density at radius 3 is 2.80 bits per heavy atom. The topological polar surface area (TPSA) is 61.0 Å². The summed E-state index contributed by atoms with van der Waals surface area (Å²) in [6.07, 6.45) is 3.73. The summed E-state index contributed by atoms with van der Waals surface area (Å²) >= 11 is 0. The average molecular weight is 337 g/mol. The smallest absolute Gasteiger partial charge is 0.137 e. The number of rotatable bonds is 3. The molecule has 5 heteroatoms. The van der Waals surface area contributed by atoms with Crippen molar-refractivity contribution in [1.29, 1.82) is 0 Å². The number of likely N-dealkylation sites (tertiary alicyclic amines) is 1. The van der Waals surface area contributed by atoms with Crippen LogP contribution in [-0.2, 0) is 12.1 Å². The predicted molar refractivity (Wildman–Crippen MR) is 96.2 cm³/mol. The molecule has 2 aromatic heterocycles. The number of imidazole rings is 1. The molecule has 0 aliphatic carbocycles. The van der Waals surface area contributed by atoms with E-state index in [0.717, 1.165) is 23.4 Å². The van der Waals surface area contributed by atoms with Crippen molar-refractivity contribution in [2.24, 2.45) is 0 Å². The fourth-order valence-corrected chi connectivity index (χ4v) is 3.63. The molecule has 0 spiro atoms. The number of nitrogens with zero attached hydrogens (tertiary/aromatic N) is 3. The monoisotopic (exact) mass is 337 g/mol. The van der Waals surface area contributed by atoms with Crippen molar-refractivity contribution in [3.05, 3.63) is 71.7 Å². The number of β-amino-alcohol motifs (C(OH)–C–C–N with tert-alkyl or cyclic N) is 1. The fourth-order valence-electron chi connectivity index (χ4n) is 3.63. The Morgan fingerprint density at radius 1 is 1.24 bits per heavy atom. The quantitative estimate of drug-likeness (QED) is 0.768. The van der Waals surface area contributed by atoms with Gasteiger partial charge in [0.1, 0.15) is 11.2 Å². The first-order chi connectivity index (χ1) is 12.0. The van der Waals surface area contributed by atoms with Crippen LogP contribution in [-0.4, -0.2) is 43.7 Å². The van der Waals surface area contributed by atoms with Gasteiger partial charge in [0.25, 0.3) is 0 Å². The summed E-state index contributed by atoms with van der Waals surface area (Å²) in [7, 11) is 0. The lowest BCUT2D eigenvalue weighted by Gasteiger charge is -2.42. The molecular formula is C20H23N3O2. The molecule has 5 nitrogen and oxygen atoms in total. The van der Waals surface area contributed by atoms with Crippen molar-refractivity contribution in [3.63, 3.8) is 0 Å². The van der Waals surface area contributed by atoms with E-state index in [0.29, 0.717) is 19.5 Å². The number of pyridine rings is 1. The number of fused-ring (bicyclic) bond motifs is 1. The van der Waals surface area contributed by atoms with Gasteiger partial charge in [0, 0.05) is 32.0 Å². The molecule has 4 rings (SSSR count). The number of hydrogen-bond donors (Lipinski definition) is 2. The van der Waals surface area contributed by atoms with Crippen molar-refractivity contribution >= 4 is 5.65 Å². The van der Waals surface area contributed by atoms with E-state index in [4.69, 9.17) is 0 Å². The minimum Gasteiger partial charge on any atom is -0.388 e. The average Bonchev–Trinajstić information content (AvgIpc) is 3.00. The fraction of sp³-hybridized carbons (Fsp3) is 0.350. The molecule has 1 aliphatic heterocycles. The molecular weight excluding hydrogens is 314 g/mol. The second kappa shape index (κ2) is 6.26. The van der Waals surface area contributed by atoms with Crippen LogP contribution in [0.15, 0.2) is 54.9 Å². The summed E-state index contributed by atoms with van der Waals surface area (Å²) < 4.78 is 2.02. The summed E-state index contributed by atoms with van der Waals surface area (Å²) in [5.74, 6) is 0. The molecule has 25 heavy (non-hydrogen) atoms. The summed E-state index contributed by atoms with van der Waals surface area (Å²) in [5.41, 5.74) is 2.71. The Labute approximate surface area is 147 Å². The van der Waals surface area contributed by atoms with Gasteiger partial charge in [-0.15, -0.1) is 0 Å². The van der Waals surface area contributed by atoms with Crippen molar-refractivity contribution in [2.45, 2.75) is 31.6 Å². The third-order valence-electron chi connectivity index (χ3n) is 5.12. The van der Waals surface area contributed by atoms with E-state index in [9.17, 15) is 10.2 Å². The maximum Gasteiger partial charge on any atom is 0.137 e. The van der Waals surface area contributed by atoms with E-state index in [1.165, 1.54) is 5.56 Å². The lowest BCUT2D eigenvalue weighted by atomic mass is 9.82. The standard InChI is InChI=1S/C20H23N3O2/c1-15-7-9-23-13-17(21-19(23)11-15)12-22-10-8-20(25,18(24)14-22)16-5-3-2-4-6-16/h2-7,9,11,13,18,24-25H,8,10,12,14H2,1H3/t18-,20-/m0/s1. The summed E-state index contributed by atoms with van der Waals surface area (Å²) in [5, 5.41) is 21.5. The maximum atomic E-state index is 10.9. The van der Waals surface area contributed by atoms with Crippen molar-refractivity contribution in [3.8, 4) is 0 Å². The lowest BCUT2D eigenvalue weighted by molar-refractivity contribution is -0.126. The van der Waals surface area contributed by atoms with Crippen molar-refractivity contribution in [2.75, 3.05) is 13.1 Å². The van der Waals surface area contributed by atoms with Crippen molar-refractivity contribution < 1.29 is 10.2 Å². The molecule has 0 bridgehead atoms. The Morgan fingerprint density at radius 2 is 2.04 bits per heavy atom. The number of aromatic nitrogens is 2. The summed E-state index contributed by atoms with van der Waals surface area (Å²) in [4.78, 5) is 6.81. The normalized spacial score (nSPS) is 24.7. The highest BCUT2D eigenvalue weighted by Crippen LogP contribution is 2.33. The number of aliphatic hydroxyl groups excluding tert-OH is 1. The first-order valence-corrected chi connectivity index (χ1v) is 8.67. The highest BCUT2D eigenvalue weighted by atomic mass is 16.3. The van der Waals surface area contributed by atoms with Crippen LogP contribution in [0.5, 0.6) is 0 Å².